The van der Waals surface area contributed by atoms with Gasteiger partial charge in [0.05, 0.1) is 31.8 Å². The van der Waals surface area contributed by atoms with Gasteiger partial charge in [0.15, 0.2) is 12.6 Å². The predicted molar refractivity (Wildman–Crippen MR) is 105 cm³/mol. The zero-order valence-electron chi connectivity index (χ0n) is 18.6. The zero-order valence-corrected chi connectivity index (χ0v) is 18.6. The lowest BCUT2D eigenvalue weighted by Crippen LogP contribution is -2.56. The van der Waals surface area contributed by atoms with Crippen LogP contribution in [-0.2, 0) is 18.9 Å². The van der Waals surface area contributed by atoms with Gasteiger partial charge in [-0.05, 0) is 24.2 Å². The fourth-order valence-electron chi connectivity index (χ4n) is 4.86. The Hall–Kier alpha value is -0.160. The third kappa shape index (κ3) is 5.67. The standard InChI is InChI=1S/C22H42O4/c1-16(2)10-20(6,7)17-23-12-22(13-24-17)14-25-18(26-15-22)21(8,9)11-19(3,4)5/h16-18H,10-15H2,1-9H3. The Morgan fingerprint density at radius 3 is 1.46 bits per heavy atom. The van der Waals surface area contributed by atoms with E-state index >= 15 is 0 Å². The maximum Gasteiger partial charge on any atom is 0.162 e. The monoisotopic (exact) mass is 370 g/mol. The molecule has 4 heteroatoms. The Kier molecular flexibility index (Phi) is 6.55. The number of hydrogen-bond donors (Lipinski definition) is 0. The summed E-state index contributed by atoms with van der Waals surface area (Å²) in [5.41, 5.74) is 0.0811. The molecule has 1 spiro atoms. The van der Waals surface area contributed by atoms with E-state index in [9.17, 15) is 0 Å². The summed E-state index contributed by atoms with van der Waals surface area (Å²) < 4.78 is 24.7. The largest absolute Gasteiger partial charge is 0.351 e. The van der Waals surface area contributed by atoms with Gasteiger partial charge >= 0.3 is 0 Å². The molecule has 0 bridgehead atoms. The minimum atomic E-state index is -0.168. The van der Waals surface area contributed by atoms with Crippen LogP contribution in [0.3, 0.4) is 0 Å². The molecule has 0 amide bonds. The molecular weight excluding hydrogens is 328 g/mol. The lowest BCUT2D eigenvalue weighted by molar-refractivity contribution is -0.336. The van der Waals surface area contributed by atoms with Gasteiger partial charge in [0.1, 0.15) is 0 Å². The minimum Gasteiger partial charge on any atom is -0.351 e. The van der Waals surface area contributed by atoms with Crippen molar-refractivity contribution in [3.8, 4) is 0 Å². The van der Waals surface area contributed by atoms with E-state index in [0.717, 1.165) is 12.8 Å². The Balaban J connectivity index is 1.89. The summed E-state index contributed by atoms with van der Waals surface area (Å²) in [5.74, 6) is 0.625. The maximum absolute atomic E-state index is 6.19. The predicted octanol–water partition coefficient (Wildman–Crippen LogP) is 5.25. The number of hydrogen-bond acceptors (Lipinski definition) is 4. The van der Waals surface area contributed by atoms with Crippen molar-refractivity contribution in [1.82, 2.24) is 0 Å². The molecule has 0 atom stereocenters. The van der Waals surface area contributed by atoms with Gasteiger partial charge in [0.25, 0.3) is 0 Å². The average Bonchev–Trinajstić information content (AvgIpc) is 2.44. The highest BCUT2D eigenvalue weighted by molar-refractivity contribution is 4.90. The Bertz CT molecular complexity index is 443. The summed E-state index contributed by atoms with van der Waals surface area (Å²) in [4.78, 5) is 0. The fourth-order valence-corrected chi connectivity index (χ4v) is 4.86. The Morgan fingerprint density at radius 2 is 1.12 bits per heavy atom. The lowest BCUT2D eigenvalue weighted by atomic mass is 9.75. The van der Waals surface area contributed by atoms with Crippen molar-refractivity contribution in [2.45, 2.75) is 87.7 Å². The first-order valence-corrected chi connectivity index (χ1v) is 10.2. The highest BCUT2D eigenvalue weighted by atomic mass is 16.7. The molecule has 26 heavy (non-hydrogen) atoms. The van der Waals surface area contributed by atoms with E-state index in [4.69, 9.17) is 18.9 Å². The third-order valence-corrected chi connectivity index (χ3v) is 5.36. The van der Waals surface area contributed by atoms with Crippen LogP contribution < -0.4 is 0 Å². The highest BCUT2D eigenvalue weighted by Crippen LogP contribution is 2.43. The molecule has 154 valence electrons. The van der Waals surface area contributed by atoms with Gasteiger partial charge < -0.3 is 18.9 Å². The van der Waals surface area contributed by atoms with Crippen molar-refractivity contribution < 1.29 is 18.9 Å². The van der Waals surface area contributed by atoms with Gasteiger partial charge in [0, 0.05) is 10.8 Å². The van der Waals surface area contributed by atoms with Crippen LogP contribution in [0.15, 0.2) is 0 Å². The summed E-state index contributed by atoms with van der Waals surface area (Å²) in [6.45, 7) is 22.8. The summed E-state index contributed by atoms with van der Waals surface area (Å²) in [6, 6.07) is 0. The van der Waals surface area contributed by atoms with E-state index in [0.29, 0.717) is 32.3 Å². The second-order valence-corrected chi connectivity index (χ2v) is 11.7. The van der Waals surface area contributed by atoms with Crippen LogP contribution in [0.2, 0.25) is 0 Å². The molecule has 0 aromatic carbocycles. The highest BCUT2D eigenvalue weighted by Gasteiger charge is 2.48. The van der Waals surface area contributed by atoms with Crippen molar-refractivity contribution in [2.24, 2.45) is 27.6 Å². The summed E-state index contributed by atoms with van der Waals surface area (Å²) in [6.07, 6.45) is 1.82. The Morgan fingerprint density at radius 1 is 0.731 bits per heavy atom. The number of ether oxygens (including phenoxy) is 4. The van der Waals surface area contributed by atoms with Crippen molar-refractivity contribution in [3.05, 3.63) is 0 Å². The van der Waals surface area contributed by atoms with E-state index in [1.165, 1.54) is 0 Å². The molecule has 2 rings (SSSR count). The lowest BCUT2D eigenvalue weighted by Gasteiger charge is -2.49. The molecule has 0 radical (unpaired) electrons. The van der Waals surface area contributed by atoms with Crippen molar-refractivity contribution in [3.63, 3.8) is 0 Å². The first-order chi connectivity index (χ1) is 11.7. The molecule has 2 saturated heterocycles. The normalized spacial score (nSPS) is 31.6. The molecule has 2 heterocycles. The second kappa shape index (κ2) is 7.69. The van der Waals surface area contributed by atoms with Crippen LogP contribution in [0.4, 0.5) is 0 Å². The van der Waals surface area contributed by atoms with Crippen LogP contribution in [0.1, 0.15) is 75.2 Å². The summed E-state index contributed by atoms with van der Waals surface area (Å²) in [5, 5.41) is 0. The molecule has 0 aromatic heterocycles. The van der Waals surface area contributed by atoms with Crippen molar-refractivity contribution in [1.29, 1.82) is 0 Å². The van der Waals surface area contributed by atoms with Crippen LogP contribution in [0.25, 0.3) is 0 Å². The molecule has 4 nitrogen and oxygen atoms in total. The molecule has 0 N–H and O–H groups in total. The van der Waals surface area contributed by atoms with Gasteiger partial charge in [0.2, 0.25) is 0 Å². The van der Waals surface area contributed by atoms with Crippen molar-refractivity contribution >= 4 is 0 Å². The van der Waals surface area contributed by atoms with Crippen LogP contribution in [0.5, 0.6) is 0 Å². The molecule has 0 unspecified atom stereocenters. The topological polar surface area (TPSA) is 36.9 Å². The van der Waals surface area contributed by atoms with Gasteiger partial charge in [-0.3, -0.25) is 0 Å². The van der Waals surface area contributed by atoms with Gasteiger partial charge in [-0.15, -0.1) is 0 Å². The van der Waals surface area contributed by atoms with Crippen LogP contribution >= 0.6 is 0 Å². The van der Waals surface area contributed by atoms with E-state index < -0.39 is 0 Å². The summed E-state index contributed by atoms with van der Waals surface area (Å²) in [7, 11) is 0. The second-order valence-electron chi connectivity index (χ2n) is 11.7. The zero-order chi connectivity index (χ0) is 19.8. The first-order valence-electron chi connectivity index (χ1n) is 10.2. The van der Waals surface area contributed by atoms with Crippen LogP contribution in [0, 0.1) is 27.6 Å². The third-order valence-electron chi connectivity index (χ3n) is 5.36. The quantitative estimate of drug-likeness (QED) is 0.662. The molecule has 2 aliphatic heterocycles. The molecular formula is C22H42O4. The van der Waals surface area contributed by atoms with E-state index in [1.54, 1.807) is 0 Å². The van der Waals surface area contributed by atoms with Gasteiger partial charge in [-0.1, -0.05) is 62.3 Å². The SMILES string of the molecule is CC(C)CC(C)(C)C1OCC2(CO1)COC(C(C)(C)CC(C)(C)C)OC2. The molecule has 2 fully saturated rings. The fraction of sp³-hybridized carbons (Fsp3) is 1.00. The minimum absolute atomic E-state index is 0.0158. The van der Waals surface area contributed by atoms with E-state index in [1.807, 2.05) is 0 Å². The van der Waals surface area contributed by atoms with Crippen LogP contribution in [-0.4, -0.2) is 39.0 Å². The molecule has 0 aromatic rings. The smallest absolute Gasteiger partial charge is 0.162 e. The first kappa shape index (κ1) is 22.1. The molecule has 0 saturated carbocycles. The van der Waals surface area contributed by atoms with Gasteiger partial charge in [-0.2, -0.15) is 0 Å². The van der Waals surface area contributed by atoms with E-state index in [2.05, 4.69) is 62.3 Å². The number of rotatable bonds is 5. The Labute approximate surface area is 161 Å². The average molecular weight is 371 g/mol. The molecule has 2 aliphatic rings. The molecule has 0 aliphatic carbocycles. The maximum atomic E-state index is 6.19. The van der Waals surface area contributed by atoms with E-state index in [-0.39, 0.29) is 34.2 Å². The summed E-state index contributed by atoms with van der Waals surface area (Å²) >= 11 is 0. The van der Waals surface area contributed by atoms with Crippen molar-refractivity contribution in [2.75, 3.05) is 26.4 Å². The van der Waals surface area contributed by atoms with Gasteiger partial charge in [-0.25, -0.2) is 0 Å².